The van der Waals surface area contributed by atoms with E-state index in [1.54, 1.807) is 0 Å². The lowest BCUT2D eigenvalue weighted by Gasteiger charge is -2.20. The van der Waals surface area contributed by atoms with E-state index in [1.807, 2.05) is 24.3 Å². The Labute approximate surface area is 86.0 Å². The van der Waals surface area contributed by atoms with Gasteiger partial charge in [0.1, 0.15) is 6.34 Å². The molecule has 0 saturated carbocycles. The first-order chi connectivity index (χ1) is 7.24. The smallest absolute Gasteiger partial charge is 0.336 e. The summed E-state index contributed by atoms with van der Waals surface area (Å²) in [6.45, 7) is 0. The molecule has 74 valence electrons. The number of rotatable bonds is 1. The van der Waals surface area contributed by atoms with E-state index in [-0.39, 0.29) is 0 Å². The first-order valence-electron chi connectivity index (χ1n) is 4.68. The standard InChI is InChI=1S/C11H8N2O2/c14-10(15)11-5-9(12-6-13-11)7-3-1-2-4-8(7)11/h1-4,6H,5H2,(H,14,15). The Hall–Kier alpha value is -1.97. The highest BCUT2D eigenvalue weighted by Gasteiger charge is 2.49. The number of aliphatic imine (C=N–C) groups is 2. The van der Waals surface area contributed by atoms with Crippen molar-refractivity contribution in [3.8, 4) is 0 Å². The second kappa shape index (κ2) is 2.53. The molecule has 2 bridgehead atoms. The summed E-state index contributed by atoms with van der Waals surface area (Å²) in [5.41, 5.74) is 1.37. The summed E-state index contributed by atoms with van der Waals surface area (Å²) in [6.07, 6.45) is 1.73. The van der Waals surface area contributed by atoms with Gasteiger partial charge >= 0.3 is 5.97 Å². The fourth-order valence-corrected chi connectivity index (χ4v) is 2.20. The molecular formula is C11H8N2O2. The predicted molar refractivity (Wildman–Crippen MR) is 55.4 cm³/mol. The molecule has 1 aromatic carbocycles. The minimum Gasteiger partial charge on any atom is -0.479 e. The van der Waals surface area contributed by atoms with Crippen LogP contribution in [0.5, 0.6) is 0 Å². The third kappa shape index (κ3) is 0.883. The Morgan fingerprint density at radius 1 is 1.40 bits per heavy atom. The maximum atomic E-state index is 11.3. The fourth-order valence-electron chi connectivity index (χ4n) is 2.20. The van der Waals surface area contributed by atoms with Crippen molar-refractivity contribution >= 4 is 18.0 Å². The second-order valence-corrected chi connectivity index (χ2v) is 3.71. The fraction of sp³-hybridized carbons (Fsp3) is 0.182. The number of carbonyl (C=O) groups is 1. The number of aliphatic carboxylic acids is 1. The molecule has 15 heavy (non-hydrogen) atoms. The minimum atomic E-state index is -1.12. The van der Waals surface area contributed by atoms with Crippen molar-refractivity contribution in [3.63, 3.8) is 0 Å². The lowest BCUT2D eigenvalue weighted by Crippen LogP contribution is -2.33. The molecular weight excluding hydrogens is 192 g/mol. The van der Waals surface area contributed by atoms with E-state index >= 15 is 0 Å². The van der Waals surface area contributed by atoms with Crippen molar-refractivity contribution in [2.45, 2.75) is 12.0 Å². The van der Waals surface area contributed by atoms with E-state index in [0.717, 1.165) is 16.8 Å². The molecule has 1 atom stereocenters. The average Bonchev–Trinajstić information content (AvgIpc) is 2.50. The van der Waals surface area contributed by atoms with Gasteiger partial charge in [0.2, 0.25) is 0 Å². The number of hydrogen-bond acceptors (Lipinski definition) is 3. The van der Waals surface area contributed by atoms with Crippen LogP contribution in [0.25, 0.3) is 0 Å². The lowest BCUT2D eigenvalue weighted by atomic mass is 9.92. The Balaban J connectivity index is 2.34. The highest BCUT2D eigenvalue weighted by atomic mass is 16.4. The maximum Gasteiger partial charge on any atom is 0.336 e. The molecule has 3 rings (SSSR count). The van der Waals surface area contributed by atoms with Gasteiger partial charge in [-0.25, -0.2) is 14.8 Å². The van der Waals surface area contributed by atoms with Crippen LogP contribution in [0.4, 0.5) is 0 Å². The van der Waals surface area contributed by atoms with Crippen LogP contribution in [0, 0.1) is 0 Å². The number of fused-ring (bicyclic) bond motifs is 5. The summed E-state index contributed by atoms with van der Waals surface area (Å²) >= 11 is 0. The molecule has 1 aromatic rings. The van der Waals surface area contributed by atoms with E-state index in [1.165, 1.54) is 6.34 Å². The molecule has 0 radical (unpaired) electrons. The van der Waals surface area contributed by atoms with Crippen LogP contribution in [-0.4, -0.2) is 23.1 Å². The Morgan fingerprint density at radius 2 is 2.20 bits per heavy atom. The molecule has 0 amide bonds. The topological polar surface area (TPSA) is 62.0 Å². The van der Waals surface area contributed by atoms with Crippen molar-refractivity contribution < 1.29 is 9.90 Å². The number of carboxylic acid groups (broad SMARTS) is 1. The highest BCUT2D eigenvalue weighted by Crippen LogP contribution is 2.42. The van der Waals surface area contributed by atoms with E-state index in [2.05, 4.69) is 9.98 Å². The van der Waals surface area contributed by atoms with Crippen LogP contribution in [0.2, 0.25) is 0 Å². The summed E-state index contributed by atoms with van der Waals surface area (Å²) in [4.78, 5) is 19.5. The van der Waals surface area contributed by atoms with Gasteiger partial charge in [-0.15, -0.1) is 0 Å². The molecule has 4 heteroatoms. The van der Waals surface area contributed by atoms with Gasteiger partial charge in [-0.2, -0.15) is 0 Å². The molecule has 1 heterocycles. The lowest BCUT2D eigenvalue weighted by molar-refractivity contribution is -0.143. The average molecular weight is 200 g/mol. The summed E-state index contributed by atoms with van der Waals surface area (Å²) in [5, 5.41) is 9.29. The molecule has 0 saturated heterocycles. The maximum absolute atomic E-state index is 11.3. The molecule has 0 spiro atoms. The number of benzene rings is 1. The minimum absolute atomic E-state index is 0.373. The van der Waals surface area contributed by atoms with Crippen LogP contribution in [-0.2, 0) is 10.3 Å². The largest absolute Gasteiger partial charge is 0.479 e. The molecule has 1 unspecified atom stereocenters. The van der Waals surface area contributed by atoms with E-state index < -0.39 is 11.5 Å². The zero-order valence-corrected chi connectivity index (χ0v) is 7.84. The van der Waals surface area contributed by atoms with Crippen molar-refractivity contribution in [1.82, 2.24) is 0 Å². The first-order valence-corrected chi connectivity index (χ1v) is 4.68. The van der Waals surface area contributed by atoms with E-state index in [0.29, 0.717) is 6.42 Å². The molecule has 0 fully saturated rings. The van der Waals surface area contributed by atoms with Crippen molar-refractivity contribution in [1.29, 1.82) is 0 Å². The monoisotopic (exact) mass is 200 g/mol. The van der Waals surface area contributed by atoms with Gasteiger partial charge in [-0.1, -0.05) is 24.3 Å². The van der Waals surface area contributed by atoms with Crippen LogP contribution in [0.3, 0.4) is 0 Å². The third-order valence-corrected chi connectivity index (χ3v) is 2.95. The van der Waals surface area contributed by atoms with Crippen molar-refractivity contribution in [2.75, 3.05) is 0 Å². The van der Waals surface area contributed by atoms with Gasteiger partial charge in [-0.3, -0.25) is 0 Å². The summed E-state index contributed by atoms with van der Waals surface area (Å²) in [5.74, 6) is -0.906. The zero-order chi connectivity index (χ0) is 10.5. The van der Waals surface area contributed by atoms with Crippen LogP contribution in [0.1, 0.15) is 17.5 Å². The number of nitrogens with zero attached hydrogens (tertiary/aromatic N) is 2. The summed E-state index contributed by atoms with van der Waals surface area (Å²) in [7, 11) is 0. The van der Waals surface area contributed by atoms with E-state index in [9.17, 15) is 9.90 Å². The Kier molecular flexibility index (Phi) is 1.41. The summed E-state index contributed by atoms with van der Waals surface area (Å²) < 4.78 is 0. The first kappa shape index (κ1) is 8.35. The van der Waals surface area contributed by atoms with Gasteiger partial charge in [-0.05, 0) is 0 Å². The highest BCUT2D eigenvalue weighted by molar-refractivity contribution is 6.14. The molecule has 4 nitrogen and oxygen atoms in total. The van der Waals surface area contributed by atoms with Crippen molar-refractivity contribution in [2.24, 2.45) is 9.98 Å². The zero-order valence-electron chi connectivity index (χ0n) is 7.84. The molecule has 1 aliphatic heterocycles. The molecule has 2 aliphatic rings. The summed E-state index contributed by atoms with van der Waals surface area (Å²) in [6, 6.07) is 7.43. The third-order valence-electron chi connectivity index (χ3n) is 2.95. The predicted octanol–water partition coefficient (Wildman–Crippen LogP) is 1.20. The Bertz CT molecular complexity index is 519. The van der Waals surface area contributed by atoms with E-state index in [4.69, 9.17) is 0 Å². The SMILES string of the molecule is O=C(O)C12CC(=NC=N1)c1ccccc12. The molecule has 1 aliphatic carbocycles. The second-order valence-electron chi connectivity index (χ2n) is 3.71. The van der Waals surface area contributed by atoms with Gasteiger partial charge < -0.3 is 5.11 Å². The normalized spacial score (nSPS) is 26.0. The quantitative estimate of drug-likeness (QED) is 0.740. The number of carboxylic acids is 1. The van der Waals surface area contributed by atoms with Crippen LogP contribution in [0.15, 0.2) is 34.3 Å². The van der Waals surface area contributed by atoms with Crippen LogP contribution < -0.4 is 0 Å². The van der Waals surface area contributed by atoms with Crippen LogP contribution >= 0.6 is 0 Å². The number of hydrogen-bond donors (Lipinski definition) is 1. The Morgan fingerprint density at radius 3 is 3.00 bits per heavy atom. The van der Waals surface area contributed by atoms with Gasteiger partial charge in [0.15, 0.2) is 5.54 Å². The van der Waals surface area contributed by atoms with Gasteiger partial charge in [0.05, 0.1) is 5.71 Å². The molecule has 0 aromatic heterocycles. The van der Waals surface area contributed by atoms with Crippen molar-refractivity contribution in [3.05, 3.63) is 35.4 Å². The molecule has 1 N–H and O–H groups in total. The van der Waals surface area contributed by atoms with Gasteiger partial charge in [0.25, 0.3) is 0 Å². The van der Waals surface area contributed by atoms with Gasteiger partial charge in [0, 0.05) is 17.5 Å².